The van der Waals surface area contributed by atoms with Gasteiger partial charge in [0.05, 0.1) is 12.2 Å². The van der Waals surface area contributed by atoms with Crippen molar-refractivity contribution in [2.75, 3.05) is 26.3 Å². The summed E-state index contributed by atoms with van der Waals surface area (Å²) in [6, 6.07) is 0. The summed E-state index contributed by atoms with van der Waals surface area (Å²) in [4.78, 5) is 33.7. The van der Waals surface area contributed by atoms with Crippen LogP contribution in [-0.2, 0) is 19.3 Å². The molecule has 7 nitrogen and oxygen atoms in total. The molecule has 0 rings (SSSR count). The van der Waals surface area contributed by atoms with Gasteiger partial charge in [0.15, 0.2) is 0 Å². The van der Waals surface area contributed by atoms with Crippen molar-refractivity contribution >= 4 is 12.0 Å². The molecule has 43 heavy (non-hydrogen) atoms. The summed E-state index contributed by atoms with van der Waals surface area (Å²) in [5, 5.41) is 5.70. The number of nitrogens with one attached hydrogen (secondary N) is 2. The van der Waals surface area contributed by atoms with Gasteiger partial charge in [0.25, 0.3) is 0 Å². The number of hydrogen-bond donors (Lipinski definition) is 2. The molecular weight excluding hydrogens is 540 g/mol. The zero-order chi connectivity index (χ0) is 31.9. The normalized spacial score (nSPS) is 12.3. The highest BCUT2D eigenvalue weighted by atomic mass is 17.2. The molecule has 0 fully saturated rings. The minimum absolute atomic E-state index is 0.0743. The Balaban J connectivity index is 3.39. The average Bonchev–Trinajstić information content (AvgIpc) is 2.98. The van der Waals surface area contributed by atoms with Crippen LogP contribution < -0.4 is 10.6 Å². The van der Waals surface area contributed by atoms with E-state index in [0.717, 1.165) is 51.6 Å². The fourth-order valence-corrected chi connectivity index (χ4v) is 5.02. The minimum atomic E-state index is -0.539. The van der Waals surface area contributed by atoms with Crippen LogP contribution in [0.15, 0.2) is 0 Å². The van der Waals surface area contributed by atoms with Crippen LogP contribution in [0.25, 0.3) is 0 Å². The molecule has 1 atom stereocenters. The largest absolute Gasteiger partial charge is 0.438 e. The summed E-state index contributed by atoms with van der Waals surface area (Å²) in [7, 11) is 0. The Morgan fingerprint density at radius 3 is 1.74 bits per heavy atom. The predicted molar refractivity (Wildman–Crippen MR) is 180 cm³/mol. The van der Waals surface area contributed by atoms with Gasteiger partial charge < -0.3 is 15.4 Å². The number of carbonyl (C=O) groups excluding carboxylic acids is 2. The Morgan fingerprint density at radius 2 is 1.19 bits per heavy atom. The van der Waals surface area contributed by atoms with Gasteiger partial charge >= 0.3 is 6.09 Å². The van der Waals surface area contributed by atoms with Gasteiger partial charge in [-0.2, -0.15) is 4.89 Å². The topological polar surface area (TPSA) is 85.9 Å². The maximum atomic E-state index is 12.1. The second-order valence-electron chi connectivity index (χ2n) is 13.2. The summed E-state index contributed by atoms with van der Waals surface area (Å²) in [5.74, 6) is 0.758. The highest BCUT2D eigenvalue weighted by Crippen LogP contribution is 2.17. The minimum Gasteiger partial charge on any atom is -0.375 e. The summed E-state index contributed by atoms with van der Waals surface area (Å²) < 4.78 is 6.00. The van der Waals surface area contributed by atoms with Crippen LogP contribution in [0, 0.1) is 5.92 Å². The van der Waals surface area contributed by atoms with Crippen molar-refractivity contribution in [3.63, 3.8) is 0 Å². The Bertz CT molecular complexity index is 629. The maximum Gasteiger partial charge on any atom is 0.438 e. The molecule has 0 aromatic carbocycles. The Labute approximate surface area is 266 Å². The quantitative estimate of drug-likeness (QED) is 0.0448. The van der Waals surface area contributed by atoms with E-state index in [1.165, 1.54) is 96.3 Å². The first-order valence-electron chi connectivity index (χ1n) is 18.3. The molecule has 0 aliphatic carbocycles. The lowest BCUT2D eigenvalue weighted by Crippen LogP contribution is -2.33. The zero-order valence-corrected chi connectivity index (χ0v) is 29.2. The first kappa shape index (κ1) is 41.7. The smallest absolute Gasteiger partial charge is 0.375 e. The summed E-state index contributed by atoms with van der Waals surface area (Å²) in [6.07, 6.45) is 26.7. The molecule has 0 spiro atoms. The van der Waals surface area contributed by atoms with Crippen LogP contribution in [-0.4, -0.2) is 43.9 Å². The van der Waals surface area contributed by atoms with Crippen LogP contribution in [0.4, 0.5) is 4.79 Å². The summed E-state index contributed by atoms with van der Waals surface area (Å²) >= 11 is 0. The van der Waals surface area contributed by atoms with E-state index in [0.29, 0.717) is 32.0 Å². The summed E-state index contributed by atoms with van der Waals surface area (Å²) in [5.41, 5.74) is -0.226. The van der Waals surface area contributed by atoms with E-state index in [9.17, 15) is 9.59 Å². The van der Waals surface area contributed by atoms with Crippen molar-refractivity contribution in [3.05, 3.63) is 0 Å². The third-order valence-electron chi connectivity index (χ3n) is 8.42. The first-order valence-corrected chi connectivity index (χ1v) is 18.3. The number of rotatable bonds is 32. The molecule has 0 aliphatic heterocycles. The highest BCUT2D eigenvalue weighted by molar-refractivity contribution is 5.75. The number of unbranched alkanes of at least 4 members (excludes halogenated alkanes) is 17. The molecule has 1 unspecified atom stereocenters. The van der Waals surface area contributed by atoms with Crippen LogP contribution >= 0.6 is 0 Å². The lowest BCUT2D eigenvalue weighted by Gasteiger charge is -2.26. The molecule has 0 radical (unpaired) electrons. The van der Waals surface area contributed by atoms with E-state index in [1.807, 2.05) is 0 Å². The van der Waals surface area contributed by atoms with Crippen molar-refractivity contribution in [2.45, 2.75) is 188 Å². The molecular formula is C36H72N2O5. The lowest BCUT2D eigenvalue weighted by molar-refractivity contribution is -0.239. The van der Waals surface area contributed by atoms with Crippen LogP contribution in [0.1, 0.15) is 182 Å². The van der Waals surface area contributed by atoms with Gasteiger partial charge in [0.1, 0.15) is 0 Å². The highest BCUT2D eigenvalue weighted by Gasteiger charge is 2.18. The first-order chi connectivity index (χ1) is 20.8. The van der Waals surface area contributed by atoms with Crippen LogP contribution in [0.5, 0.6) is 0 Å². The number of hydrogen-bond acceptors (Lipinski definition) is 5. The molecule has 0 heterocycles. The monoisotopic (exact) mass is 613 g/mol. The molecule has 0 saturated carbocycles. The molecule has 0 saturated heterocycles. The van der Waals surface area contributed by atoms with Gasteiger partial charge in [-0.05, 0) is 51.9 Å². The molecule has 2 N–H and O–H groups in total. The number of carbonyl (C=O) groups is 2. The van der Waals surface area contributed by atoms with Crippen molar-refractivity contribution in [3.8, 4) is 0 Å². The van der Waals surface area contributed by atoms with Crippen LogP contribution in [0.2, 0.25) is 0 Å². The van der Waals surface area contributed by atoms with Gasteiger partial charge in [-0.15, -0.1) is 0 Å². The van der Waals surface area contributed by atoms with E-state index in [-0.39, 0.29) is 11.5 Å². The fourth-order valence-electron chi connectivity index (χ4n) is 5.02. The molecule has 256 valence electrons. The number of ether oxygens (including phenoxy) is 1. The summed E-state index contributed by atoms with van der Waals surface area (Å²) in [6.45, 7) is 13.3. The van der Waals surface area contributed by atoms with Gasteiger partial charge in [-0.1, -0.05) is 130 Å². The Hall–Kier alpha value is -1.34. The SMILES string of the molecule is CCCCCCCCCCCCCCCCCCOOC(=O)NCCCCCC(=O)NCCC(C)(C)OCCC(C)CC. The van der Waals surface area contributed by atoms with Crippen molar-refractivity contribution in [2.24, 2.45) is 5.92 Å². The molecule has 0 bridgehead atoms. The van der Waals surface area contributed by atoms with E-state index >= 15 is 0 Å². The van der Waals surface area contributed by atoms with Gasteiger partial charge in [-0.25, -0.2) is 4.79 Å². The third-order valence-corrected chi connectivity index (χ3v) is 8.42. The van der Waals surface area contributed by atoms with E-state index in [1.54, 1.807) is 0 Å². The zero-order valence-electron chi connectivity index (χ0n) is 29.2. The van der Waals surface area contributed by atoms with E-state index in [2.05, 4.69) is 45.3 Å². The number of amides is 2. The second-order valence-corrected chi connectivity index (χ2v) is 13.2. The third kappa shape index (κ3) is 31.9. The molecule has 0 aromatic heterocycles. The molecule has 7 heteroatoms. The molecule has 0 aliphatic rings. The molecule has 0 aromatic rings. The van der Waals surface area contributed by atoms with Gasteiger partial charge in [0.2, 0.25) is 5.91 Å². The van der Waals surface area contributed by atoms with E-state index < -0.39 is 6.09 Å². The van der Waals surface area contributed by atoms with Gasteiger partial charge in [0, 0.05) is 26.1 Å². The second kappa shape index (κ2) is 30.7. The predicted octanol–water partition coefficient (Wildman–Crippen LogP) is 10.2. The van der Waals surface area contributed by atoms with Crippen LogP contribution in [0.3, 0.4) is 0 Å². The fraction of sp³-hybridized carbons (Fsp3) is 0.944. The standard InChI is InChI=1S/C36H72N2O5/c1-6-8-9-10-11-12-13-14-15-16-17-18-19-20-21-25-31-42-43-35(40)38-29-24-22-23-26-34(39)37-30-28-36(4,5)41-32-27-33(3)7-2/h33H,6-32H2,1-5H3,(H,37,39)(H,38,40). The van der Waals surface area contributed by atoms with Crippen molar-refractivity contribution in [1.29, 1.82) is 0 Å². The maximum absolute atomic E-state index is 12.1. The Morgan fingerprint density at radius 1 is 0.651 bits per heavy atom. The Kier molecular flexibility index (Phi) is 29.7. The van der Waals surface area contributed by atoms with Gasteiger partial charge in [-0.3, -0.25) is 9.68 Å². The average molecular weight is 613 g/mol. The van der Waals surface area contributed by atoms with Crippen molar-refractivity contribution in [1.82, 2.24) is 10.6 Å². The lowest BCUT2D eigenvalue weighted by atomic mass is 10.0. The van der Waals surface area contributed by atoms with E-state index in [4.69, 9.17) is 14.5 Å². The molecule has 2 amide bonds. The van der Waals surface area contributed by atoms with Crippen molar-refractivity contribution < 1.29 is 24.1 Å².